The van der Waals surface area contributed by atoms with Crippen LogP contribution in [-0.2, 0) is 4.79 Å². The Morgan fingerprint density at radius 2 is 2.24 bits per heavy atom. The van der Waals surface area contributed by atoms with Crippen molar-refractivity contribution in [1.29, 1.82) is 0 Å². The molecule has 5 heteroatoms. The Kier molecular flexibility index (Phi) is 6.02. The van der Waals surface area contributed by atoms with E-state index in [-0.39, 0.29) is 5.91 Å². The van der Waals surface area contributed by atoms with Gasteiger partial charge in [0.1, 0.15) is 5.75 Å². The minimum absolute atomic E-state index is 0.0155. The van der Waals surface area contributed by atoms with Crippen LogP contribution in [0.5, 0.6) is 5.75 Å². The number of nitrogens with one attached hydrogen (secondary N) is 2. The van der Waals surface area contributed by atoms with Crippen molar-refractivity contribution < 1.29 is 9.53 Å². The molecule has 1 saturated heterocycles. The molecule has 1 aromatic rings. The predicted molar refractivity (Wildman–Crippen MR) is 84.9 cm³/mol. The van der Waals surface area contributed by atoms with E-state index in [1.807, 2.05) is 32.0 Å². The summed E-state index contributed by atoms with van der Waals surface area (Å²) in [6.07, 6.45) is 1.09. The molecule has 21 heavy (non-hydrogen) atoms. The highest BCUT2D eigenvalue weighted by Crippen LogP contribution is 2.25. The van der Waals surface area contributed by atoms with E-state index in [4.69, 9.17) is 4.74 Å². The summed E-state index contributed by atoms with van der Waals surface area (Å²) in [6.45, 7) is 8.83. The zero-order valence-corrected chi connectivity index (χ0v) is 12.9. The first-order chi connectivity index (χ1) is 10.2. The third-order valence-electron chi connectivity index (χ3n) is 3.51. The molecule has 0 unspecified atom stereocenters. The second kappa shape index (κ2) is 8.00. The number of anilines is 1. The largest absolute Gasteiger partial charge is 0.492 e. The van der Waals surface area contributed by atoms with Crippen LogP contribution in [-0.4, -0.2) is 50.1 Å². The summed E-state index contributed by atoms with van der Waals surface area (Å²) >= 11 is 0. The number of carbonyl (C=O) groups is 1. The smallest absolute Gasteiger partial charge is 0.238 e. The second-order valence-corrected chi connectivity index (χ2v) is 5.36. The lowest BCUT2D eigenvalue weighted by atomic mass is 10.2. The van der Waals surface area contributed by atoms with Gasteiger partial charge in [-0.3, -0.25) is 9.69 Å². The molecule has 1 aliphatic rings. The fourth-order valence-electron chi connectivity index (χ4n) is 2.46. The third-order valence-corrected chi connectivity index (χ3v) is 3.51. The molecule has 1 aromatic carbocycles. The average Bonchev–Trinajstić information content (AvgIpc) is 2.71. The highest BCUT2D eigenvalue weighted by molar-refractivity contribution is 5.93. The maximum Gasteiger partial charge on any atom is 0.238 e. The first kappa shape index (κ1) is 15.8. The quantitative estimate of drug-likeness (QED) is 0.866. The monoisotopic (exact) mass is 291 g/mol. The first-order valence-electron chi connectivity index (χ1n) is 7.65. The van der Waals surface area contributed by atoms with E-state index >= 15 is 0 Å². The van der Waals surface area contributed by atoms with Crippen molar-refractivity contribution in [3.8, 4) is 5.75 Å². The summed E-state index contributed by atoms with van der Waals surface area (Å²) in [7, 11) is 0. The van der Waals surface area contributed by atoms with Gasteiger partial charge in [0.2, 0.25) is 5.91 Å². The number of benzene rings is 1. The number of amides is 1. The molecule has 2 N–H and O–H groups in total. The van der Waals surface area contributed by atoms with Gasteiger partial charge < -0.3 is 15.4 Å². The Morgan fingerprint density at radius 1 is 1.38 bits per heavy atom. The van der Waals surface area contributed by atoms with Gasteiger partial charge in [0, 0.05) is 13.1 Å². The predicted octanol–water partition coefficient (Wildman–Crippen LogP) is 1.63. The molecule has 1 heterocycles. The number of nitrogens with zero attached hydrogens (tertiary/aromatic N) is 1. The molecular weight excluding hydrogens is 266 g/mol. The Hall–Kier alpha value is -1.59. The van der Waals surface area contributed by atoms with Gasteiger partial charge in [-0.25, -0.2) is 0 Å². The van der Waals surface area contributed by atoms with Gasteiger partial charge in [0.05, 0.1) is 18.8 Å². The Labute approximate surface area is 126 Å². The van der Waals surface area contributed by atoms with Crippen LogP contribution in [0.3, 0.4) is 0 Å². The van der Waals surface area contributed by atoms with Gasteiger partial charge in [0.25, 0.3) is 0 Å². The maximum atomic E-state index is 12.2. The van der Waals surface area contributed by atoms with E-state index in [0.29, 0.717) is 13.2 Å². The molecule has 0 bridgehead atoms. The summed E-state index contributed by atoms with van der Waals surface area (Å²) in [6, 6.07) is 5.84. The fraction of sp³-hybridized carbons (Fsp3) is 0.562. The fourth-order valence-corrected chi connectivity index (χ4v) is 2.46. The molecule has 2 rings (SSSR count). The molecule has 5 nitrogen and oxygen atoms in total. The topological polar surface area (TPSA) is 53.6 Å². The number of carbonyl (C=O) groups excluding carboxylic acids is 1. The number of aryl methyl sites for hydroxylation is 1. The zero-order chi connectivity index (χ0) is 15.1. The van der Waals surface area contributed by atoms with Crippen molar-refractivity contribution in [1.82, 2.24) is 10.2 Å². The summed E-state index contributed by atoms with van der Waals surface area (Å²) in [5.74, 6) is 0.755. The van der Waals surface area contributed by atoms with E-state index in [1.165, 1.54) is 0 Å². The summed E-state index contributed by atoms with van der Waals surface area (Å²) in [5, 5.41) is 6.30. The van der Waals surface area contributed by atoms with Crippen LogP contribution in [0, 0.1) is 6.92 Å². The van der Waals surface area contributed by atoms with Crippen molar-refractivity contribution in [2.45, 2.75) is 20.3 Å². The Balaban J connectivity index is 1.95. The van der Waals surface area contributed by atoms with Crippen molar-refractivity contribution >= 4 is 11.6 Å². The van der Waals surface area contributed by atoms with Crippen molar-refractivity contribution in [3.63, 3.8) is 0 Å². The lowest BCUT2D eigenvalue weighted by molar-refractivity contribution is -0.117. The minimum atomic E-state index is 0.0155. The molecule has 1 aliphatic heterocycles. The van der Waals surface area contributed by atoms with E-state index in [1.54, 1.807) is 0 Å². The standard InChI is InChI=1S/C16H25N3O2/c1-3-21-15-11-13(2)5-6-14(15)18-16(20)12-19-9-4-7-17-8-10-19/h5-6,11,17H,3-4,7-10,12H2,1-2H3,(H,18,20). The minimum Gasteiger partial charge on any atom is -0.492 e. The summed E-state index contributed by atoms with van der Waals surface area (Å²) in [5.41, 5.74) is 1.87. The molecule has 0 radical (unpaired) electrons. The molecule has 1 amide bonds. The highest BCUT2D eigenvalue weighted by Gasteiger charge is 2.14. The number of hydrogen-bond donors (Lipinski definition) is 2. The van der Waals surface area contributed by atoms with Crippen LogP contribution in [0.25, 0.3) is 0 Å². The van der Waals surface area contributed by atoms with Gasteiger partial charge in [-0.05, 0) is 51.1 Å². The normalized spacial score (nSPS) is 16.3. The van der Waals surface area contributed by atoms with Crippen LogP contribution in [0.2, 0.25) is 0 Å². The maximum absolute atomic E-state index is 12.2. The molecular formula is C16H25N3O2. The van der Waals surface area contributed by atoms with E-state index < -0.39 is 0 Å². The molecule has 116 valence electrons. The van der Waals surface area contributed by atoms with Crippen molar-refractivity contribution in [3.05, 3.63) is 23.8 Å². The van der Waals surface area contributed by atoms with Crippen LogP contribution in [0.15, 0.2) is 18.2 Å². The van der Waals surface area contributed by atoms with Gasteiger partial charge in [-0.1, -0.05) is 6.07 Å². The number of rotatable bonds is 5. The highest BCUT2D eigenvalue weighted by atomic mass is 16.5. The van der Waals surface area contributed by atoms with E-state index in [9.17, 15) is 4.79 Å². The zero-order valence-electron chi connectivity index (χ0n) is 12.9. The van der Waals surface area contributed by atoms with Crippen LogP contribution in [0.4, 0.5) is 5.69 Å². The first-order valence-corrected chi connectivity index (χ1v) is 7.65. The number of hydrogen-bond acceptors (Lipinski definition) is 4. The van der Waals surface area contributed by atoms with Crippen LogP contribution >= 0.6 is 0 Å². The molecule has 0 spiro atoms. The van der Waals surface area contributed by atoms with Gasteiger partial charge in [-0.2, -0.15) is 0 Å². The van der Waals surface area contributed by atoms with Gasteiger partial charge >= 0.3 is 0 Å². The second-order valence-electron chi connectivity index (χ2n) is 5.36. The third kappa shape index (κ3) is 5.02. The lowest BCUT2D eigenvalue weighted by Gasteiger charge is -2.19. The summed E-state index contributed by atoms with van der Waals surface area (Å²) in [4.78, 5) is 14.4. The number of ether oxygens (including phenoxy) is 1. The molecule has 0 aliphatic carbocycles. The Bertz CT molecular complexity index is 469. The average molecular weight is 291 g/mol. The Morgan fingerprint density at radius 3 is 3.05 bits per heavy atom. The van der Waals surface area contributed by atoms with Crippen LogP contribution < -0.4 is 15.4 Å². The van der Waals surface area contributed by atoms with Gasteiger partial charge in [0.15, 0.2) is 0 Å². The van der Waals surface area contributed by atoms with Crippen molar-refractivity contribution in [2.24, 2.45) is 0 Å². The lowest BCUT2D eigenvalue weighted by Crippen LogP contribution is -2.35. The summed E-state index contributed by atoms with van der Waals surface area (Å²) < 4.78 is 5.59. The van der Waals surface area contributed by atoms with Crippen LogP contribution in [0.1, 0.15) is 18.9 Å². The molecule has 0 saturated carbocycles. The van der Waals surface area contributed by atoms with E-state index in [2.05, 4.69) is 15.5 Å². The van der Waals surface area contributed by atoms with Crippen molar-refractivity contribution in [2.75, 3.05) is 44.6 Å². The molecule has 1 fully saturated rings. The molecule has 0 aromatic heterocycles. The SMILES string of the molecule is CCOc1cc(C)ccc1NC(=O)CN1CCCNCC1. The van der Waals surface area contributed by atoms with Gasteiger partial charge in [-0.15, -0.1) is 0 Å². The molecule has 0 atom stereocenters. The van der Waals surface area contributed by atoms with E-state index in [0.717, 1.165) is 49.6 Å².